The third kappa shape index (κ3) is 3.80. The molecule has 1 aliphatic carbocycles. The van der Waals surface area contributed by atoms with E-state index >= 15 is 0 Å². The van der Waals surface area contributed by atoms with Crippen molar-refractivity contribution in [2.45, 2.75) is 31.0 Å². The molecule has 0 atom stereocenters. The lowest BCUT2D eigenvalue weighted by molar-refractivity contribution is -0.153. The van der Waals surface area contributed by atoms with Gasteiger partial charge in [0.05, 0.1) is 23.7 Å². The Morgan fingerprint density at radius 2 is 1.79 bits per heavy atom. The fraction of sp³-hybridized carbons (Fsp3) is 0.240. The summed E-state index contributed by atoms with van der Waals surface area (Å²) in [7, 11) is 0. The van der Waals surface area contributed by atoms with Crippen molar-refractivity contribution in [1.29, 1.82) is 5.26 Å². The van der Waals surface area contributed by atoms with Gasteiger partial charge in [-0.2, -0.15) is 18.4 Å². The normalized spacial score (nSPS) is 16.3. The largest absolute Gasteiger partial charge is 0.483 e. The number of nitrogens with zero attached hydrogens (tertiary/aromatic N) is 3. The molecule has 2 aliphatic rings. The molecule has 0 radical (unpaired) electrons. The average Bonchev–Trinajstić information content (AvgIpc) is 3.55. The van der Waals surface area contributed by atoms with Crippen LogP contribution < -0.4 is 9.64 Å². The minimum absolute atomic E-state index is 0.0530. The monoisotopic (exact) mass is 449 g/mol. The molecule has 2 aromatic carbocycles. The molecule has 1 aromatic heterocycles. The molecule has 0 spiro atoms. The Kier molecular flexibility index (Phi) is 4.85. The number of anilines is 1. The van der Waals surface area contributed by atoms with Gasteiger partial charge in [-0.1, -0.05) is 24.3 Å². The molecule has 0 saturated heterocycles. The van der Waals surface area contributed by atoms with Crippen LogP contribution in [-0.4, -0.2) is 23.7 Å². The van der Waals surface area contributed by atoms with Gasteiger partial charge in [-0.15, -0.1) is 0 Å². The molecule has 3 aromatic rings. The second kappa shape index (κ2) is 7.62. The summed E-state index contributed by atoms with van der Waals surface area (Å²) in [6.45, 7) is -1.19. The van der Waals surface area contributed by atoms with Crippen molar-refractivity contribution in [1.82, 2.24) is 4.98 Å². The molecule has 0 unspecified atom stereocenters. The topological polar surface area (TPSA) is 66.2 Å². The molecule has 33 heavy (non-hydrogen) atoms. The van der Waals surface area contributed by atoms with Gasteiger partial charge < -0.3 is 9.64 Å². The fourth-order valence-corrected chi connectivity index (χ4v) is 4.17. The van der Waals surface area contributed by atoms with E-state index in [2.05, 4.69) is 11.1 Å². The highest BCUT2D eigenvalue weighted by Gasteiger charge is 2.45. The number of benzene rings is 2. The van der Waals surface area contributed by atoms with Gasteiger partial charge in [0.1, 0.15) is 5.75 Å². The lowest BCUT2D eigenvalue weighted by Gasteiger charge is -2.17. The Hall–Kier alpha value is -3.86. The van der Waals surface area contributed by atoms with E-state index in [-0.39, 0.29) is 18.2 Å². The van der Waals surface area contributed by atoms with Crippen LogP contribution >= 0.6 is 0 Å². The fourth-order valence-electron chi connectivity index (χ4n) is 4.17. The van der Waals surface area contributed by atoms with E-state index in [4.69, 9.17) is 4.74 Å². The number of pyridine rings is 1. The van der Waals surface area contributed by atoms with Crippen LogP contribution in [-0.2, 0) is 12.0 Å². The first-order valence-corrected chi connectivity index (χ1v) is 10.4. The SMILES string of the molecule is N#CC1(c2ccc(N3Cc4c(ccnc4-c4ccccc4OCC(F)(F)F)C3=O)cc2)CC1. The van der Waals surface area contributed by atoms with Crippen LogP contribution in [0.2, 0.25) is 0 Å². The number of amides is 1. The zero-order valence-electron chi connectivity index (χ0n) is 17.4. The first kappa shape index (κ1) is 21.0. The minimum atomic E-state index is -4.47. The average molecular weight is 449 g/mol. The van der Waals surface area contributed by atoms with Crippen LogP contribution in [0.1, 0.15) is 34.3 Å². The summed E-state index contributed by atoms with van der Waals surface area (Å²) in [5.41, 5.74) is 3.11. The van der Waals surface area contributed by atoms with Crippen molar-refractivity contribution in [3.05, 3.63) is 77.5 Å². The highest BCUT2D eigenvalue weighted by molar-refractivity contribution is 6.11. The van der Waals surface area contributed by atoms with E-state index in [0.717, 1.165) is 18.4 Å². The predicted octanol–water partition coefficient (Wildman–Crippen LogP) is 5.41. The number of hydrogen-bond acceptors (Lipinski definition) is 4. The number of ether oxygens (including phenoxy) is 1. The van der Waals surface area contributed by atoms with Gasteiger partial charge in [0.25, 0.3) is 5.91 Å². The highest BCUT2D eigenvalue weighted by Crippen LogP contribution is 2.48. The quantitative estimate of drug-likeness (QED) is 0.523. The molecule has 1 aliphatic heterocycles. The minimum Gasteiger partial charge on any atom is -0.483 e. The molecule has 0 bridgehead atoms. The zero-order chi connectivity index (χ0) is 23.2. The first-order chi connectivity index (χ1) is 15.8. The molecule has 5 rings (SSSR count). The van der Waals surface area contributed by atoms with Gasteiger partial charge in [0.2, 0.25) is 0 Å². The summed E-state index contributed by atoms with van der Waals surface area (Å²) in [5, 5.41) is 9.40. The van der Waals surface area contributed by atoms with Gasteiger partial charge in [-0.25, -0.2) is 0 Å². The van der Waals surface area contributed by atoms with E-state index in [1.54, 1.807) is 29.2 Å². The highest BCUT2D eigenvalue weighted by atomic mass is 19.4. The summed E-state index contributed by atoms with van der Waals surface area (Å²) < 4.78 is 43.1. The van der Waals surface area contributed by atoms with Crippen LogP contribution in [0.25, 0.3) is 11.3 Å². The number of rotatable bonds is 5. The van der Waals surface area contributed by atoms with Crippen LogP contribution in [0, 0.1) is 11.3 Å². The molecule has 0 N–H and O–H groups in total. The second-order valence-electron chi connectivity index (χ2n) is 8.22. The number of nitriles is 1. The summed E-state index contributed by atoms with van der Waals surface area (Å²) in [5.74, 6) is -0.159. The standard InChI is InChI=1S/C25H18F3N3O2/c26-25(27,28)15-33-21-4-2-1-3-19(21)22-20-13-31(23(32)18(20)9-12-30-22)17-7-5-16(6-8-17)24(14-29)10-11-24/h1-9,12H,10-11,13,15H2. The van der Waals surface area contributed by atoms with Gasteiger partial charge in [0.15, 0.2) is 6.61 Å². The number of fused-ring (bicyclic) bond motifs is 1. The van der Waals surface area contributed by atoms with Gasteiger partial charge >= 0.3 is 6.18 Å². The molecule has 1 fully saturated rings. The van der Waals surface area contributed by atoms with Crippen molar-refractivity contribution in [3.63, 3.8) is 0 Å². The van der Waals surface area contributed by atoms with E-state index in [0.29, 0.717) is 28.1 Å². The number of alkyl halides is 3. The van der Waals surface area contributed by atoms with Crippen molar-refractivity contribution in [3.8, 4) is 23.1 Å². The lowest BCUT2D eigenvalue weighted by Crippen LogP contribution is -2.23. The van der Waals surface area contributed by atoms with Crippen LogP contribution in [0.3, 0.4) is 0 Å². The first-order valence-electron chi connectivity index (χ1n) is 10.4. The maximum Gasteiger partial charge on any atom is 0.422 e. The zero-order valence-corrected chi connectivity index (χ0v) is 17.4. The molecule has 1 amide bonds. The third-order valence-electron chi connectivity index (χ3n) is 6.08. The Labute approximate surface area is 188 Å². The lowest BCUT2D eigenvalue weighted by atomic mass is 9.97. The van der Waals surface area contributed by atoms with Gasteiger partial charge in [-0.05, 0) is 48.7 Å². The van der Waals surface area contributed by atoms with Gasteiger partial charge in [-0.3, -0.25) is 9.78 Å². The third-order valence-corrected chi connectivity index (χ3v) is 6.08. The number of halogens is 3. The Morgan fingerprint density at radius 3 is 2.45 bits per heavy atom. The molecule has 166 valence electrons. The number of aromatic nitrogens is 1. The molecular formula is C25H18F3N3O2. The molecule has 1 saturated carbocycles. The van der Waals surface area contributed by atoms with E-state index in [1.165, 1.54) is 12.3 Å². The predicted molar refractivity (Wildman–Crippen MR) is 115 cm³/mol. The summed E-state index contributed by atoms with van der Waals surface area (Å²) >= 11 is 0. The maximum absolute atomic E-state index is 13.1. The van der Waals surface area contributed by atoms with E-state index < -0.39 is 18.2 Å². The summed E-state index contributed by atoms with van der Waals surface area (Å²) in [6.07, 6.45) is -1.32. The molecule has 5 nitrogen and oxygen atoms in total. The molecular weight excluding hydrogens is 431 g/mol. The van der Waals surface area contributed by atoms with Crippen molar-refractivity contribution < 1.29 is 22.7 Å². The Bertz CT molecular complexity index is 1280. The number of carbonyl (C=O) groups excluding carboxylic acids is 1. The van der Waals surface area contributed by atoms with Crippen molar-refractivity contribution in [2.24, 2.45) is 0 Å². The number of carbonyl (C=O) groups is 1. The smallest absolute Gasteiger partial charge is 0.422 e. The Morgan fingerprint density at radius 1 is 1.06 bits per heavy atom. The number of hydrogen-bond donors (Lipinski definition) is 0. The van der Waals surface area contributed by atoms with Crippen molar-refractivity contribution in [2.75, 3.05) is 11.5 Å². The Balaban J connectivity index is 1.46. The van der Waals surface area contributed by atoms with Crippen LogP contribution in [0.15, 0.2) is 60.8 Å². The maximum atomic E-state index is 13.1. The number of para-hydroxylation sites is 1. The van der Waals surface area contributed by atoms with E-state index in [1.807, 2.05) is 24.3 Å². The summed E-state index contributed by atoms with van der Waals surface area (Å²) in [4.78, 5) is 19.1. The summed E-state index contributed by atoms with van der Waals surface area (Å²) in [6, 6.07) is 17.7. The molecule has 8 heteroatoms. The molecule has 2 heterocycles. The van der Waals surface area contributed by atoms with Crippen molar-refractivity contribution >= 4 is 11.6 Å². The van der Waals surface area contributed by atoms with Gasteiger partial charge in [0, 0.05) is 28.6 Å². The second-order valence-corrected chi connectivity index (χ2v) is 8.22. The van der Waals surface area contributed by atoms with Crippen LogP contribution in [0.5, 0.6) is 5.75 Å². The van der Waals surface area contributed by atoms with E-state index in [9.17, 15) is 23.2 Å². The van der Waals surface area contributed by atoms with Crippen LogP contribution in [0.4, 0.5) is 18.9 Å².